The molecule has 0 amide bonds. The van der Waals surface area contributed by atoms with E-state index in [2.05, 4.69) is 15.6 Å². The van der Waals surface area contributed by atoms with Crippen molar-refractivity contribution in [1.82, 2.24) is 10.6 Å². The van der Waals surface area contributed by atoms with Crippen LogP contribution >= 0.6 is 24.0 Å². The van der Waals surface area contributed by atoms with Gasteiger partial charge in [0.1, 0.15) is 18.2 Å². The molecule has 9 heteroatoms. The molecule has 0 saturated carbocycles. The zero-order valence-corrected chi connectivity index (χ0v) is 19.0. The number of nitrogens with one attached hydrogen (secondary N) is 2. The minimum atomic E-state index is -3.20. The number of guanidine groups is 1. The lowest BCUT2D eigenvalue weighted by molar-refractivity contribution is 0.321. The lowest BCUT2D eigenvalue weighted by Crippen LogP contribution is -2.40. The van der Waals surface area contributed by atoms with Crippen LogP contribution in [0.1, 0.15) is 5.56 Å². The summed E-state index contributed by atoms with van der Waals surface area (Å²) in [5, 5.41) is 6.31. The van der Waals surface area contributed by atoms with Crippen LogP contribution in [0.2, 0.25) is 0 Å². The van der Waals surface area contributed by atoms with Gasteiger partial charge in [-0.05, 0) is 48.4 Å². The van der Waals surface area contributed by atoms with Crippen LogP contribution in [-0.4, -0.2) is 47.4 Å². The summed E-state index contributed by atoms with van der Waals surface area (Å²) in [5.41, 5.74) is 1.04. The second-order valence-electron chi connectivity index (χ2n) is 5.89. The molecule has 0 aliphatic carbocycles. The first-order valence-corrected chi connectivity index (χ1v) is 10.4. The second kappa shape index (κ2) is 11.8. The van der Waals surface area contributed by atoms with Crippen molar-refractivity contribution in [3.63, 3.8) is 0 Å². The molecule has 0 fully saturated rings. The van der Waals surface area contributed by atoms with Crippen molar-refractivity contribution >= 4 is 39.8 Å². The van der Waals surface area contributed by atoms with Crippen LogP contribution in [0.25, 0.3) is 0 Å². The molecule has 2 aromatic rings. The third-order valence-corrected chi connectivity index (χ3v) is 4.89. The number of hydrogen-bond donors (Lipinski definition) is 2. The van der Waals surface area contributed by atoms with Crippen LogP contribution in [0.15, 0.2) is 58.4 Å². The van der Waals surface area contributed by atoms with E-state index in [0.717, 1.165) is 12.0 Å². The number of rotatable bonds is 8. The molecule has 2 aromatic carbocycles. The molecule has 0 aromatic heterocycles. The number of hydrogen-bond acceptors (Lipinski definition) is 4. The van der Waals surface area contributed by atoms with E-state index in [1.807, 2.05) is 0 Å². The Morgan fingerprint density at radius 3 is 2.21 bits per heavy atom. The van der Waals surface area contributed by atoms with E-state index in [9.17, 15) is 12.8 Å². The van der Waals surface area contributed by atoms with Gasteiger partial charge >= 0.3 is 0 Å². The molecular weight excluding hydrogens is 496 g/mol. The molecule has 6 nitrogen and oxygen atoms in total. The van der Waals surface area contributed by atoms with Crippen LogP contribution in [0.3, 0.4) is 0 Å². The quantitative estimate of drug-likeness (QED) is 0.242. The maximum Gasteiger partial charge on any atom is 0.191 e. The van der Waals surface area contributed by atoms with Gasteiger partial charge in [0.2, 0.25) is 0 Å². The van der Waals surface area contributed by atoms with Crippen LogP contribution in [-0.2, 0) is 16.3 Å². The smallest absolute Gasteiger partial charge is 0.191 e. The van der Waals surface area contributed by atoms with E-state index < -0.39 is 9.84 Å². The standard InChI is InChI=1S/C19H24FN3O3S.HI/c1-21-19(22-12-11-15-3-5-16(20)6-4-15)23-13-14-26-17-7-9-18(10-8-17)27(2,24)25;/h3-10H,11-14H2,1-2H3,(H2,21,22,23);1H. The van der Waals surface area contributed by atoms with E-state index in [4.69, 9.17) is 4.74 Å². The Morgan fingerprint density at radius 2 is 1.64 bits per heavy atom. The Labute approximate surface area is 182 Å². The van der Waals surface area contributed by atoms with Crippen molar-refractivity contribution in [2.75, 3.05) is 33.0 Å². The molecule has 2 rings (SSSR count). The Kier molecular flexibility index (Phi) is 10.2. The van der Waals surface area contributed by atoms with E-state index in [-0.39, 0.29) is 34.7 Å². The van der Waals surface area contributed by atoms with Gasteiger partial charge in [0.25, 0.3) is 0 Å². The highest BCUT2D eigenvalue weighted by Crippen LogP contribution is 2.15. The molecular formula is C19H25FIN3O3S. The summed E-state index contributed by atoms with van der Waals surface area (Å²) in [6, 6.07) is 12.7. The van der Waals surface area contributed by atoms with E-state index in [1.54, 1.807) is 31.3 Å². The highest BCUT2D eigenvalue weighted by Gasteiger charge is 2.06. The van der Waals surface area contributed by atoms with Gasteiger partial charge in [-0.25, -0.2) is 12.8 Å². The van der Waals surface area contributed by atoms with Gasteiger partial charge in [-0.15, -0.1) is 24.0 Å². The first-order chi connectivity index (χ1) is 12.9. The average molecular weight is 521 g/mol. The second-order valence-corrected chi connectivity index (χ2v) is 7.91. The molecule has 28 heavy (non-hydrogen) atoms. The summed E-state index contributed by atoms with van der Waals surface area (Å²) in [4.78, 5) is 4.39. The molecule has 0 atom stereocenters. The molecule has 2 N–H and O–H groups in total. The minimum absolute atomic E-state index is 0. The van der Waals surface area contributed by atoms with Crippen molar-refractivity contribution in [2.24, 2.45) is 4.99 Å². The van der Waals surface area contributed by atoms with Crippen LogP contribution in [0.5, 0.6) is 5.75 Å². The lowest BCUT2D eigenvalue weighted by Gasteiger charge is -2.12. The number of ether oxygens (including phenoxy) is 1. The molecule has 0 heterocycles. The Balaban J connectivity index is 0.00000392. The van der Waals surface area contributed by atoms with Gasteiger partial charge in [-0.2, -0.15) is 0 Å². The maximum absolute atomic E-state index is 12.9. The van der Waals surface area contributed by atoms with Gasteiger partial charge in [-0.1, -0.05) is 12.1 Å². The Hall–Kier alpha value is -1.88. The number of nitrogens with zero attached hydrogens (tertiary/aromatic N) is 1. The van der Waals surface area contributed by atoms with Crippen molar-refractivity contribution in [3.8, 4) is 5.75 Å². The summed E-state index contributed by atoms with van der Waals surface area (Å²) in [7, 11) is -1.52. The zero-order valence-electron chi connectivity index (χ0n) is 15.8. The number of halogens is 2. The fourth-order valence-electron chi connectivity index (χ4n) is 2.32. The van der Waals surface area contributed by atoms with Gasteiger partial charge in [-0.3, -0.25) is 4.99 Å². The van der Waals surface area contributed by atoms with Gasteiger partial charge in [0.15, 0.2) is 15.8 Å². The number of benzene rings is 2. The predicted octanol–water partition coefficient (Wildman–Crippen LogP) is 2.63. The number of sulfone groups is 1. The fraction of sp³-hybridized carbons (Fsp3) is 0.316. The Bertz CT molecular complexity index is 857. The molecule has 0 spiro atoms. The summed E-state index contributed by atoms with van der Waals surface area (Å²) in [6.07, 6.45) is 1.92. The molecule has 0 unspecified atom stereocenters. The van der Waals surface area contributed by atoms with Crippen molar-refractivity contribution < 1.29 is 17.5 Å². The number of aliphatic imine (C=N–C) groups is 1. The monoisotopic (exact) mass is 521 g/mol. The van der Waals surface area contributed by atoms with Crippen LogP contribution in [0.4, 0.5) is 4.39 Å². The van der Waals surface area contributed by atoms with Gasteiger partial charge in [0, 0.05) is 19.8 Å². The summed E-state index contributed by atoms with van der Waals surface area (Å²) < 4.78 is 41.3. The lowest BCUT2D eigenvalue weighted by atomic mass is 10.1. The van der Waals surface area contributed by atoms with Gasteiger partial charge < -0.3 is 15.4 Å². The van der Waals surface area contributed by atoms with Crippen molar-refractivity contribution in [2.45, 2.75) is 11.3 Å². The van der Waals surface area contributed by atoms with Crippen LogP contribution < -0.4 is 15.4 Å². The first kappa shape index (κ1) is 24.2. The van der Waals surface area contributed by atoms with Crippen LogP contribution in [0, 0.1) is 5.82 Å². The summed E-state index contributed by atoms with van der Waals surface area (Å²) in [6.45, 7) is 1.60. The predicted molar refractivity (Wildman–Crippen MR) is 120 cm³/mol. The average Bonchev–Trinajstić information content (AvgIpc) is 2.65. The molecule has 0 radical (unpaired) electrons. The van der Waals surface area contributed by atoms with E-state index in [0.29, 0.717) is 31.4 Å². The summed E-state index contributed by atoms with van der Waals surface area (Å²) >= 11 is 0. The molecule has 0 bridgehead atoms. The summed E-state index contributed by atoms with van der Waals surface area (Å²) in [5.74, 6) is 1.01. The third-order valence-electron chi connectivity index (χ3n) is 3.76. The SMILES string of the molecule is CN=C(NCCOc1ccc(S(C)(=O)=O)cc1)NCCc1ccc(F)cc1.I. The van der Waals surface area contributed by atoms with Crippen molar-refractivity contribution in [3.05, 3.63) is 59.9 Å². The highest BCUT2D eigenvalue weighted by atomic mass is 127. The van der Waals surface area contributed by atoms with E-state index in [1.165, 1.54) is 30.5 Å². The third kappa shape index (κ3) is 8.42. The highest BCUT2D eigenvalue weighted by molar-refractivity contribution is 14.0. The maximum atomic E-state index is 12.9. The zero-order chi connectivity index (χ0) is 19.7. The Morgan fingerprint density at radius 1 is 1.04 bits per heavy atom. The molecule has 0 saturated heterocycles. The van der Waals surface area contributed by atoms with E-state index >= 15 is 0 Å². The fourth-order valence-corrected chi connectivity index (χ4v) is 2.95. The molecule has 0 aliphatic heterocycles. The minimum Gasteiger partial charge on any atom is -0.492 e. The first-order valence-electron chi connectivity index (χ1n) is 8.50. The normalized spacial score (nSPS) is 11.5. The molecule has 154 valence electrons. The largest absolute Gasteiger partial charge is 0.492 e. The molecule has 0 aliphatic rings. The topological polar surface area (TPSA) is 79.8 Å². The van der Waals surface area contributed by atoms with Crippen molar-refractivity contribution in [1.29, 1.82) is 0 Å². The van der Waals surface area contributed by atoms with Gasteiger partial charge in [0.05, 0.1) is 11.4 Å².